The number of benzene rings is 2. The molecule has 0 fully saturated rings. The number of hydrogen-bond acceptors (Lipinski definition) is 2. The highest BCUT2D eigenvalue weighted by Gasteiger charge is 2.28. The highest BCUT2D eigenvalue weighted by molar-refractivity contribution is 5.86. The Morgan fingerprint density at radius 1 is 1.07 bits per heavy atom. The van der Waals surface area contributed by atoms with Gasteiger partial charge in [-0.05, 0) is 48.6 Å². The number of hydrogen-bond donors (Lipinski definition) is 2. The quantitative estimate of drug-likeness (QED) is 0.709. The summed E-state index contributed by atoms with van der Waals surface area (Å²) in [5.41, 5.74) is 5.00. The predicted molar refractivity (Wildman–Crippen MR) is 108 cm³/mol. The molecular formula is C23H26N2O2. The van der Waals surface area contributed by atoms with Crippen molar-refractivity contribution in [3.05, 3.63) is 65.4 Å². The van der Waals surface area contributed by atoms with Crippen LogP contribution in [0.5, 0.6) is 5.75 Å². The third kappa shape index (κ3) is 3.57. The number of carbonyl (C=O) groups is 1. The SMILES string of the molecule is CC(Oc1ccc(C(C)C)cc1)C(=O)NC1Cc2[nH]c3ccccc3c2C1. The summed E-state index contributed by atoms with van der Waals surface area (Å²) < 4.78 is 5.83. The summed E-state index contributed by atoms with van der Waals surface area (Å²) in [5.74, 6) is 1.14. The number of ether oxygens (including phenoxy) is 1. The molecule has 4 rings (SSSR count). The van der Waals surface area contributed by atoms with Crippen LogP contribution in [-0.4, -0.2) is 23.0 Å². The Morgan fingerprint density at radius 3 is 2.56 bits per heavy atom. The van der Waals surface area contributed by atoms with Crippen LogP contribution in [0.4, 0.5) is 0 Å². The molecule has 0 spiro atoms. The molecule has 1 heterocycles. The molecule has 140 valence electrons. The van der Waals surface area contributed by atoms with Crippen molar-refractivity contribution < 1.29 is 9.53 Å². The van der Waals surface area contributed by atoms with E-state index in [1.54, 1.807) is 6.92 Å². The molecule has 0 bridgehead atoms. The molecule has 0 aliphatic heterocycles. The van der Waals surface area contributed by atoms with Gasteiger partial charge in [0.25, 0.3) is 5.91 Å². The first-order valence-electron chi connectivity index (χ1n) is 9.66. The van der Waals surface area contributed by atoms with Crippen molar-refractivity contribution in [3.63, 3.8) is 0 Å². The van der Waals surface area contributed by atoms with Crippen molar-refractivity contribution in [2.45, 2.75) is 51.7 Å². The maximum atomic E-state index is 12.6. The van der Waals surface area contributed by atoms with Crippen LogP contribution in [0.1, 0.15) is 43.5 Å². The molecule has 1 aromatic heterocycles. The summed E-state index contributed by atoms with van der Waals surface area (Å²) in [7, 11) is 0. The first-order valence-corrected chi connectivity index (χ1v) is 9.66. The van der Waals surface area contributed by atoms with Gasteiger partial charge in [0.05, 0.1) is 0 Å². The van der Waals surface area contributed by atoms with Gasteiger partial charge in [0.2, 0.25) is 0 Å². The van der Waals surface area contributed by atoms with Crippen LogP contribution in [0, 0.1) is 0 Å². The van der Waals surface area contributed by atoms with Crippen molar-refractivity contribution in [1.29, 1.82) is 0 Å². The van der Waals surface area contributed by atoms with Crippen LogP contribution >= 0.6 is 0 Å². The minimum absolute atomic E-state index is 0.0672. The van der Waals surface area contributed by atoms with Gasteiger partial charge in [-0.3, -0.25) is 4.79 Å². The molecule has 0 saturated heterocycles. The number of aromatic amines is 1. The average Bonchev–Trinajstić information content (AvgIpc) is 3.19. The third-order valence-corrected chi connectivity index (χ3v) is 5.38. The summed E-state index contributed by atoms with van der Waals surface area (Å²) >= 11 is 0. The first-order chi connectivity index (χ1) is 13.0. The van der Waals surface area contributed by atoms with Gasteiger partial charge in [-0.1, -0.05) is 44.2 Å². The van der Waals surface area contributed by atoms with Gasteiger partial charge in [0.1, 0.15) is 5.75 Å². The second-order valence-corrected chi connectivity index (χ2v) is 7.73. The van der Waals surface area contributed by atoms with E-state index in [9.17, 15) is 4.79 Å². The van der Waals surface area contributed by atoms with E-state index in [4.69, 9.17) is 4.74 Å². The smallest absolute Gasteiger partial charge is 0.261 e. The van der Waals surface area contributed by atoms with E-state index in [-0.39, 0.29) is 11.9 Å². The number of nitrogens with one attached hydrogen (secondary N) is 2. The first kappa shape index (κ1) is 17.7. The lowest BCUT2D eigenvalue weighted by Crippen LogP contribution is -2.43. The summed E-state index contributed by atoms with van der Waals surface area (Å²) in [6, 6.07) is 16.4. The fourth-order valence-electron chi connectivity index (χ4n) is 3.84. The molecule has 2 aromatic carbocycles. The Labute approximate surface area is 159 Å². The van der Waals surface area contributed by atoms with E-state index in [0.29, 0.717) is 5.92 Å². The molecule has 2 N–H and O–H groups in total. The van der Waals surface area contributed by atoms with Gasteiger partial charge in [-0.15, -0.1) is 0 Å². The van der Waals surface area contributed by atoms with E-state index < -0.39 is 6.10 Å². The van der Waals surface area contributed by atoms with E-state index in [2.05, 4.69) is 54.5 Å². The van der Waals surface area contributed by atoms with Crippen LogP contribution in [0.25, 0.3) is 10.9 Å². The Hall–Kier alpha value is -2.75. The zero-order valence-corrected chi connectivity index (χ0v) is 16.1. The van der Waals surface area contributed by atoms with Crippen molar-refractivity contribution in [3.8, 4) is 5.75 Å². The molecule has 2 atom stereocenters. The summed E-state index contributed by atoms with van der Waals surface area (Å²) in [4.78, 5) is 16.0. The lowest BCUT2D eigenvalue weighted by Gasteiger charge is -2.18. The normalized spacial score (nSPS) is 17.1. The number of rotatable bonds is 5. The Bertz CT molecular complexity index is 956. The molecule has 1 amide bonds. The van der Waals surface area contributed by atoms with Gasteiger partial charge in [0, 0.05) is 29.1 Å². The second kappa shape index (κ2) is 7.10. The lowest BCUT2D eigenvalue weighted by molar-refractivity contribution is -0.127. The molecular weight excluding hydrogens is 336 g/mol. The minimum Gasteiger partial charge on any atom is -0.481 e. The molecule has 0 radical (unpaired) electrons. The molecule has 4 nitrogen and oxygen atoms in total. The molecule has 4 heteroatoms. The third-order valence-electron chi connectivity index (χ3n) is 5.38. The molecule has 0 saturated carbocycles. The fourth-order valence-corrected chi connectivity index (χ4v) is 3.84. The largest absolute Gasteiger partial charge is 0.481 e. The average molecular weight is 362 g/mol. The number of fused-ring (bicyclic) bond motifs is 3. The zero-order chi connectivity index (χ0) is 19.0. The van der Waals surface area contributed by atoms with Gasteiger partial charge >= 0.3 is 0 Å². The van der Waals surface area contributed by atoms with Gasteiger partial charge in [-0.25, -0.2) is 0 Å². The van der Waals surface area contributed by atoms with Crippen molar-refractivity contribution in [2.75, 3.05) is 0 Å². The molecule has 2 unspecified atom stereocenters. The Balaban J connectivity index is 1.36. The maximum absolute atomic E-state index is 12.6. The number of carbonyl (C=O) groups excluding carboxylic acids is 1. The standard InChI is InChI=1S/C23H26N2O2/c1-14(2)16-8-10-18(11-9-16)27-15(3)23(26)24-17-12-20-19-6-4-5-7-21(19)25-22(20)13-17/h4-11,14-15,17,25H,12-13H2,1-3H3,(H,24,26). The Kier molecular flexibility index (Phi) is 4.65. The number of para-hydroxylation sites is 1. The van der Waals surface area contributed by atoms with Crippen molar-refractivity contribution in [2.24, 2.45) is 0 Å². The fraction of sp³-hybridized carbons (Fsp3) is 0.348. The molecule has 1 aliphatic carbocycles. The van der Waals surface area contributed by atoms with E-state index >= 15 is 0 Å². The van der Waals surface area contributed by atoms with Crippen LogP contribution in [-0.2, 0) is 17.6 Å². The highest BCUT2D eigenvalue weighted by atomic mass is 16.5. The van der Waals surface area contributed by atoms with E-state index in [0.717, 1.165) is 18.6 Å². The second-order valence-electron chi connectivity index (χ2n) is 7.73. The lowest BCUT2D eigenvalue weighted by atomic mass is 10.0. The van der Waals surface area contributed by atoms with Crippen molar-refractivity contribution >= 4 is 16.8 Å². The van der Waals surface area contributed by atoms with Gasteiger partial charge < -0.3 is 15.0 Å². The highest BCUT2D eigenvalue weighted by Crippen LogP contribution is 2.30. The van der Waals surface area contributed by atoms with E-state index in [1.807, 2.05) is 18.2 Å². The van der Waals surface area contributed by atoms with Gasteiger partial charge in [-0.2, -0.15) is 0 Å². The molecule has 1 aliphatic rings. The molecule has 3 aromatic rings. The van der Waals surface area contributed by atoms with Gasteiger partial charge in [0.15, 0.2) is 6.10 Å². The number of H-pyrrole nitrogens is 1. The van der Waals surface area contributed by atoms with Crippen LogP contribution in [0.3, 0.4) is 0 Å². The minimum atomic E-state index is -0.523. The number of amides is 1. The predicted octanol–water partition coefficient (Wildman–Crippen LogP) is 4.34. The summed E-state index contributed by atoms with van der Waals surface area (Å²) in [6.07, 6.45) is 1.18. The summed E-state index contributed by atoms with van der Waals surface area (Å²) in [6.45, 7) is 6.12. The maximum Gasteiger partial charge on any atom is 0.261 e. The zero-order valence-electron chi connectivity index (χ0n) is 16.1. The number of aromatic nitrogens is 1. The monoisotopic (exact) mass is 362 g/mol. The van der Waals surface area contributed by atoms with Crippen LogP contribution < -0.4 is 10.1 Å². The Morgan fingerprint density at radius 2 is 1.81 bits per heavy atom. The molecule has 27 heavy (non-hydrogen) atoms. The van der Waals surface area contributed by atoms with Crippen molar-refractivity contribution in [1.82, 2.24) is 10.3 Å². The van der Waals surface area contributed by atoms with Crippen LogP contribution in [0.15, 0.2) is 48.5 Å². The summed E-state index contributed by atoms with van der Waals surface area (Å²) in [5, 5.41) is 4.41. The van der Waals surface area contributed by atoms with E-state index in [1.165, 1.54) is 27.7 Å². The van der Waals surface area contributed by atoms with Crippen LogP contribution in [0.2, 0.25) is 0 Å². The topological polar surface area (TPSA) is 54.1 Å².